The first-order valence-electron chi connectivity index (χ1n) is 26.9. The van der Waals surface area contributed by atoms with E-state index >= 15 is 0 Å². The van der Waals surface area contributed by atoms with Gasteiger partial charge in [-0.15, -0.1) is 0 Å². The number of nitrogens with zero attached hydrogens (tertiary/aromatic N) is 4. The Hall–Kier alpha value is -10.2. The molecule has 0 N–H and O–H groups in total. The molecule has 10 aromatic carbocycles. The first-order valence-corrected chi connectivity index (χ1v) is 26.9. The number of benzene rings is 10. The normalized spacial score (nSPS) is 16.5. The smallest absolute Gasteiger partial charge is 0.0753 e. The maximum absolute atomic E-state index is 5.30. The molecule has 0 radical (unpaired) electrons. The van der Waals surface area contributed by atoms with Crippen LogP contribution in [0.5, 0.6) is 0 Å². The van der Waals surface area contributed by atoms with E-state index < -0.39 is 10.8 Å². The van der Waals surface area contributed by atoms with Crippen molar-refractivity contribution in [2.24, 2.45) is 0 Å². The predicted octanol–water partition coefficient (Wildman–Crippen LogP) is 18.3. The van der Waals surface area contributed by atoms with Gasteiger partial charge in [0.2, 0.25) is 0 Å². The molecule has 0 amide bonds. The Kier molecular flexibility index (Phi) is 9.73. The van der Waals surface area contributed by atoms with Gasteiger partial charge < -0.3 is 9.80 Å². The number of para-hydroxylation sites is 4. The largest absolute Gasteiger partial charge is 0.310 e. The number of rotatable bonds is 8. The van der Waals surface area contributed by atoms with Crippen LogP contribution in [0.25, 0.3) is 55.9 Å². The average Bonchev–Trinajstić information content (AvgIpc) is 2.76. The third-order valence-corrected chi connectivity index (χ3v) is 17.0. The first-order chi connectivity index (χ1) is 38.7. The van der Waals surface area contributed by atoms with Crippen molar-refractivity contribution < 1.29 is 0 Å². The molecule has 2 heterocycles. The summed E-state index contributed by atoms with van der Waals surface area (Å²) in [6.45, 7) is 0. The second kappa shape index (κ2) is 17.2. The zero-order valence-electron chi connectivity index (χ0n) is 42.5. The van der Waals surface area contributed by atoms with Crippen molar-refractivity contribution in [3.8, 4) is 44.8 Å². The quantitative estimate of drug-likeness (QED) is 0.152. The number of allylic oxidation sites excluding steroid dienone is 2. The summed E-state index contributed by atoms with van der Waals surface area (Å²) >= 11 is 0. The number of fused-ring (bicyclic) bond motifs is 18. The molecule has 4 aliphatic carbocycles. The highest BCUT2D eigenvalue weighted by atomic mass is 15.2. The summed E-state index contributed by atoms with van der Waals surface area (Å²) in [5.74, 6) is 0. The average molecular weight is 993 g/mol. The van der Waals surface area contributed by atoms with E-state index in [1.165, 1.54) is 55.7 Å². The van der Waals surface area contributed by atoms with Gasteiger partial charge in [-0.25, -0.2) is 0 Å². The maximum Gasteiger partial charge on any atom is 0.0753 e. The Labute approximate surface area is 454 Å². The van der Waals surface area contributed by atoms with E-state index in [0.29, 0.717) is 0 Å². The number of pyridine rings is 2. The van der Waals surface area contributed by atoms with Crippen LogP contribution in [-0.4, -0.2) is 9.97 Å². The molecule has 0 saturated carbocycles. The van der Waals surface area contributed by atoms with Crippen LogP contribution in [0.15, 0.2) is 291 Å². The molecule has 0 saturated heterocycles. The highest BCUT2D eigenvalue weighted by molar-refractivity contribution is 6.20. The number of hydrogen-bond donors (Lipinski definition) is 0. The van der Waals surface area contributed by atoms with Crippen molar-refractivity contribution in [3.05, 3.63) is 336 Å². The predicted molar refractivity (Wildman–Crippen MR) is 319 cm³/mol. The van der Waals surface area contributed by atoms with Crippen molar-refractivity contribution in [1.82, 2.24) is 9.97 Å². The van der Waals surface area contributed by atoms with Crippen LogP contribution in [0.3, 0.4) is 0 Å². The molecular formula is C74H48N4. The van der Waals surface area contributed by atoms with E-state index in [1.807, 2.05) is 12.4 Å². The van der Waals surface area contributed by atoms with E-state index in [2.05, 4.69) is 289 Å². The van der Waals surface area contributed by atoms with E-state index in [1.54, 1.807) is 0 Å². The summed E-state index contributed by atoms with van der Waals surface area (Å²) in [4.78, 5) is 15.5. The summed E-state index contributed by atoms with van der Waals surface area (Å²) in [7, 11) is 0. The van der Waals surface area contributed by atoms with E-state index in [4.69, 9.17) is 9.97 Å². The lowest BCUT2D eigenvalue weighted by molar-refractivity contribution is 0.823. The van der Waals surface area contributed by atoms with Crippen LogP contribution < -0.4 is 9.80 Å². The van der Waals surface area contributed by atoms with E-state index in [0.717, 1.165) is 78.9 Å². The lowest BCUT2D eigenvalue weighted by atomic mass is 9.66. The Morgan fingerprint density at radius 3 is 1.00 bits per heavy atom. The minimum atomic E-state index is -0.751. The molecule has 16 rings (SSSR count). The Bertz CT molecular complexity index is 4020. The second-order valence-corrected chi connectivity index (χ2v) is 20.7. The molecule has 2 aromatic heterocycles. The third kappa shape index (κ3) is 6.05. The molecule has 2 unspecified atom stereocenters. The molecule has 0 fully saturated rings. The standard InChI is InChI=1S/C74H48N4/c1-5-23-49(24-6-1)55-31-15-19-39-67(55)77(51-27-9-3-10-28-51)53-41-43-63-59(47-53)69-70(73(63)61-35-17-13-33-57(61)71-65(73)37-21-45-75-71)60-48-54(42-44-64(60)74(69)62-36-18-14-34-58(62)72-66(74)38-22-46-76-72)78(52-29-11-4-12-30-52)68-40-20-16-32-56(68)50-25-7-2-8-26-50/h1-48H. The van der Waals surface area contributed by atoms with Crippen LogP contribution in [0.1, 0.15) is 44.5 Å². The molecule has 2 spiro atoms. The summed E-state index contributed by atoms with van der Waals surface area (Å²) in [6, 6.07) is 103. The Morgan fingerprint density at radius 2 is 0.577 bits per heavy atom. The van der Waals surface area contributed by atoms with Gasteiger partial charge in [-0.05, 0) is 140 Å². The molecule has 4 heteroatoms. The summed E-state index contributed by atoms with van der Waals surface area (Å²) in [5.41, 5.74) is 26.4. The molecule has 2 atom stereocenters. The fourth-order valence-electron chi connectivity index (χ4n) is 14.1. The van der Waals surface area contributed by atoms with Gasteiger partial charge in [-0.1, -0.05) is 206 Å². The van der Waals surface area contributed by atoms with Crippen LogP contribution in [0.4, 0.5) is 34.1 Å². The molecule has 78 heavy (non-hydrogen) atoms. The van der Waals surface area contributed by atoms with Crippen molar-refractivity contribution >= 4 is 45.3 Å². The Balaban J connectivity index is 1.05. The van der Waals surface area contributed by atoms with Crippen molar-refractivity contribution in [3.63, 3.8) is 0 Å². The fourth-order valence-corrected chi connectivity index (χ4v) is 14.1. The van der Waals surface area contributed by atoms with Gasteiger partial charge in [0.15, 0.2) is 0 Å². The first kappa shape index (κ1) is 44.2. The highest BCUT2D eigenvalue weighted by Gasteiger charge is 2.64. The fraction of sp³-hybridized carbons (Fsp3) is 0.0270. The number of aromatic nitrogens is 2. The highest BCUT2D eigenvalue weighted by Crippen LogP contribution is 2.75. The van der Waals surface area contributed by atoms with Crippen LogP contribution in [0, 0.1) is 0 Å². The molecular weight excluding hydrogens is 945 g/mol. The summed E-state index contributed by atoms with van der Waals surface area (Å²) in [6.07, 6.45) is 3.92. The van der Waals surface area contributed by atoms with Crippen LogP contribution in [0.2, 0.25) is 0 Å². The van der Waals surface area contributed by atoms with Crippen molar-refractivity contribution in [2.45, 2.75) is 10.8 Å². The lowest BCUT2D eigenvalue weighted by Crippen LogP contribution is -2.28. The molecule has 364 valence electrons. The second-order valence-electron chi connectivity index (χ2n) is 20.7. The maximum atomic E-state index is 5.30. The van der Waals surface area contributed by atoms with Gasteiger partial charge in [0.05, 0.1) is 33.6 Å². The molecule has 12 aromatic rings. The number of anilines is 6. The van der Waals surface area contributed by atoms with Crippen molar-refractivity contribution in [2.75, 3.05) is 9.80 Å². The van der Waals surface area contributed by atoms with Gasteiger partial charge >= 0.3 is 0 Å². The summed E-state index contributed by atoms with van der Waals surface area (Å²) < 4.78 is 0. The topological polar surface area (TPSA) is 32.3 Å². The van der Waals surface area contributed by atoms with E-state index in [9.17, 15) is 0 Å². The van der Waals surface area contributed by atoms with Gasteiger partial charge in [-0.3, -0.25) is 9.97 Å². The Morgan fingerprint density at radius 1 is 0.244 bits per heavy atom. The zero-order chi connectivity index (χ0) is 51.4. The minimum absolute atomic E-state index is 0.751. The monoisotopic (exact) mass is 992 g/mol. The van der Waals surface area contributed by atoms with Crippen LogP contribution >= 0.6 is 0 Å². The third-order valence-electron chi connectivity index (χ3n) is 17.0. The number of hydrogen-bond acceptors (Lipinski definition) is 4. The van der Waals surface area contributed by atoms with Gasteiger partial charge in [0.1, 0.15) is 0 Å². The lowest BCUT2D eigenvalue weighted by Gasteiger charge is -2.36. The molecule has 4 aliphatic rings. The SMILES string of the molecule is c1ccc(-c2ccccc2N(c2ccccc2)c2ccc3c(c2)C2=C(c4cc(N(c5ccccc5)c5ccccc5-c5ccccc5)ccc4C24c2ccccc2-c2ncccc24)C32c3ccccc3-c3ncccc32)cc1. The minimum Gasteiger partial charge on any atom is -0.310 e. The molecule has 0 aliphatic heterocycles. The van der Waals surface area contributed by atoms with Gasteiger partial charge in [-0.2, -0.15) is 0 Å². The van der Waals surface area contributed by atoms with E-state index in [-0.39, 0.29) is 0 Å². The van der Waals surface area contributed by atoms with Gasteiger partial charge in [0, 0.05) is 57.4 Å². The van der Waals surface area contributed by atoms with Crippen LogP contribution in [-0.2, 0) is 10.8 Å². The molecule has 0 bridgehead atoms. The molecule has 4 nitrogen and oxygen atoms in total. The van der Waals surface area contributed by atoms with Crippen molar-refractivity contribution in [1.29, 1.82) is 0 Å². The van der Waals surface area contributed by atoms with Gasteiger partial charge in [0.25, 0.3) is 0 Å². The zero-order valence-corrected chi connectivity index (χ0v) is 42.5. The summed E-state index contributed by atoms with van der Waals surface area (Å²) in [5, 5.41) is 0.